The standard InChI is InChI=1S/C51H46O10P2/c1-5-49(52)58-29-27-56-43-25-23-37(31-35(43)33-62(54)47-21-13-9-17-41(47)39-15-7-11-19-45(39)60-62)51(3,4)38-24-26-44(57-28-30-59-50(53)6-2)36(32-38)34-63(55)48-22-14-10-18-42(48)40-16-8-12-20-46(40)61-63/h5-26,31-32H,1-2,27-30,33-34H2,3-4H3. The minimum absolute atomic E-state index is 0.0138. The van der Waals surface area contributed by atoms with Crippen LogP contribution in [0.4, 0.5) is 0 Å². The number of fused-ring (bicyclic) bond motifs is 6. The van der Waals surface area contributed by atoms with Gasteiger partial charge in [-0.15, -0.1) is 0 Å². The van der Waals surface area contributed by atoms with Gasteiger partial charge in [-0.1, -0.05) is 124 Å². The molecule has 0 bridgehead atoms. The maximum Gasteiger partial charge on any atom is 0.330 e. The van der Waals surface area contributed by atoms with E-state index in [4.69, 9.17) is 28.0 Å². The van der Waals surface area contributed by atoms with Crippen molar-refractivity contribution in [2.24, 2.45) is 0 Å². The van der Waals surface area contributed by atoms with E-state index in [2.05, 4.69) is 27.0 Å². The van der Waals surface area contributed by atoms with E-state index in [0.717, 1.165) is 45.5 Å². The minimum atomic E-state index is -3.58. The zero-order valence-electron chi connectivity index (χ0n) is 35.0. The molecule has 12 heteroatoms. The van der Waals surface area contributed by atoms with Crippen LogP contribution in [0.1, 0.15) is 36.1 Å². The molecular weight excluding hydrogens is 834 g/mol. The van der Waals surface area contributed by atoms with Crippen molar-refractivity contribution in [3.63, 3.8) is 0 Å². The van der Waals surface area contributed by atoms with Gasteiger partial charge in [-0.25, -0.2) is 9.59 Å². The summed E-state index contributed by atoms with van der Waals surface area (Å²) in [6, 6.07) is 41.8. The van der Waals surface area contributed by atoms with Crippen molar-refractivity contribution in [1.29, 1.82) is 0 Å². The molecule has 0 N–H and O–H groups in total. The Morgan fingerprint density at radius 2 is 0.921 bits per heavy atom. The lowest BCUT2D eigenvalue weighted by molar-refractivity contribution is -0.139. The summed E-state index contributed by atoms with van der Waals surface area (Å²) < 4.78 is 66.1. The van der Waals surface area contributed by atoms with Crippen LogP contribution < -0.4 is 29.1 Å². The second-order valence-electron chi connectivity index (χ2n) is 15.6. The fourth-order valence-corrected chi connectivity index (χ4v) is 12.7. The maximum atomic E-state index is 15.2. The summed E-state index contributed by atoms with van der Waals surface area (Å²) in [4.78, 5) is 23.6. The fraction of sp³-hybridized carbons (Fsp3) is 0.176. The second kappa shape index (κ2) is 18.0. The van der Waals surface area contributed by atoms with E-state index in [1.165, 1.54) is 0 Å². The highest BCUT2D eigenvalue weighted by molar-refractivity contribution is 7.67. The zero-order chi connectivity index (χ0) is 44.2. The van der Waals surface area contributed by atoms with E-state index in [0.29, 0.717) is 44.7 Å². The number of rotatable bonds is 16. The molecule has 320 valence electrons. The van der Waals surface area contributed by atoms with E-state index in [1.54, 1.807) is 0 Å². The molecule has 0 fully saturated rings. The Morgan fingerprint density at radius 1 is 0.540 bits per heavy atom. The number of carbonyl (C=O) groups is 2. The van der Waals surface area contributed by atoms with Gasteiger partial charge in [-0.05, 0) is 58.7 Å². The van der Waals surface area contributed by atoms with Crippen LogP contribution in [0.3, 0.4) is 0 Å². The minimum Gasteiger partial charge on any atom is -0.490 e. The summed E-state index contributed by atoms with van der Waals surface area (Å²) in [5.41, 5.74) is 5.74. The first kappa shape index (κ1) is 43.1. The SMILES string of the molecule is C=CC(=O)OCCOc1ccc(C(C)(C)c2ccc(OCCOC(=O)C=C)c(CP3(=O)Oc4ccccc4-c4ccccc43)c2)cc1CP1(=O)Oc2ccccc2-c2ccccc21. The molecule has 0 amide bonds. The molecule has 6 aromatic rings. The smallest absolute Gasteiger partial charge is 0.330 e. The summed E-state index contributed by atoms with van der Waals surface area (Å²) in [7, 11) is -7.16. The number of hydrogen-bond acceptors (Lipinski definition) is 10. The fourth-order valence-electron chi connectivity index (χ4n) is 7.97. The number of carbonyl (C=O) groups excluding carboxylic acids is 2. The van der Waals surface area contributed by atoms with Crippen LogP contribution >= 0.6 is 14.7 Å². The molecule has 0 saturated heterocycles. The lowest BCUT2D eigenvalue weighted by Gasteiger charge is -2.31. The van der Waals surface area contributed by atoms with Crippen molar-refractivity contribution in [3.05, 3.63) is 181 Å². The lowest BCUT2D eigenvalue weighted by Crippen LogP contribution is -2.22. The van der Waals surface area contributed by atoms with Gasteiger partial charge in [0.1, 0.15) is 49.4 Å². The Kier molecular flexibility index (Phi) is 12.3. The van der Waals surface area contributed by atoms with Gasteiger partial charge in [-0.3, -0.25) is 9.13 Å². The third kappa shape index (κ3) is 8.88. The van der Waals surface area contributed by atoms with Gasteiger partial charge in [0.15, 0.2) is 0 Å². The summed E-state index contributed by atoms with van der Waals surface area (Å²) in [5, 5.41) is 1.23. The summed E-state index contributed by atoms with van der Waals surface area (Å²) >= 11 is 0. The normalized spacial score (nSPS) is 16.9. The van der Waals surface area contributed by atoms with Crippen molar-refractivity contribution in [2.75, 3.05) is 26.4 Å². The maximum absolute atomic E-state index is 15.2. The van der Waals surface area contributed by atoms with E-state index in [1.807, 2.05) is 133 Å². The van der Waals surface area contributed by atoms with Crippen molar-refractivity contribution < 1.29 is 46.7 Å². The first-order valence-electron chi connectivity index (χ1n) is 20.5. The molecular formula is C51H46O10P2. The summed E-state index contributed by atoms with van der Waals surface area (Å²) in [6.45, 7) is 11.1. The highest BCUT2D eigenvalue weighted by atomic mass is 31.2. The van der Waals surface area contributed by atoms with E-state index >= 15 is 9.13 Å². The molecule has 0 radical (unpaired) electrons. The molecule has 0 spiro atoms. The van der Waals surface area contributed by atoms with Crippen molar-refractivity contribution >= 4 is 37.3 Å². The number of benzene rings is 6. The quantitative estimate of drug-likeness (QED) is 0.0402. The van der Waals surface area contributed by atoms with Crippen LogP contribution in [0.25, 0.3) is 22.3 Å². The number of ether oxygens (including phenoxy) is 4. The molecule has 0 saturated carbocycles. The largest absolute Gasteiger partial charge is 0.490 e. The van der Waals surface area contributed by atoms with Crippen molar-refractivity contribution in [3.8, 4) is 45.3 Å². The van der Waals surface area contributed by atoms with Gasteiger partial charge in [0.25, 0.3) is 14.7 Å². The molecule has 0 aliphatic carbocycles. The molecule has 2 aliphatic rings. The van der Waals surface area contributed by atoms with Gasteiger partial charge >= 0.3 is 11.9 Å². The Hall–Kier alpha value is -6.60. The van der Waals surface area contributed by atoms with E-state index < -0.39 is 32.1 Å². The Morgan fingerprint density at radius 3 is 1.33 bits per heavy atom. The monoisotopic (exact) mass is 880 g/mol. The molecule has 0 aromatic heterocycles. The molecule has 8 rings (SSSR count). The third-order valence-electron chi connectivity index (χ3n) is 11.2. The van der Waals surface area contributed by atoms with Gasteiger partial charge in [0.2, 0.25) is 0 Å². The molecule has 2 heterocycles. The molecule has 6 aromatic carbocycles. The van der Waals surface area contributed by atoms with Gasteiger partial charge in [-0.2, -0.15) is 0 Å². The first-order valence-corrected chi connectivity index (χ1v) is 24.1. The van der Waals surface area contributed by atoms with E-state index in [-0.39, 0.29) is 38.8 Å². The zero-order valence-corrected chi connectivity index (χ0v) is 36.8. The topological polar surface area (TPSA) is 124 Å². The van der Waals surface area contributed by atoms with Crippen LogP contribution in [0, 0.1) is 0 Å². The highest BCUT2D eigenvalue weighted by Crippen LogP contribution is 2.59. The average Bonchev–Trinajstić information content (AvgIpc) is 3.29. The molecule has 2 atom stereocenters. The molecule has 63 heavy (non-hydrogen) atoms. The summed E-state index contributed by atoms with van der Waals surface area (Å²) in [5.74, 6) is 0.880. The Balaban J connectivity index is 1.17. The number of para-hydroxylation sites is 2. The van der Waals surface area contributed by atoms with Crippen LogP contribution in [0.2, 0.25) is 0 Å². The average molecular weight is 881 g/mol. The van der Waals surface area contributed by atoms with Gasteiger partial charge in [0.05, 0.1) is 22.9 Å². The van der Waals surface area contributed by atoms with Crippen LogP contribution in [0.15, 0.2) is 159 Å². The molecule has 10 nitrogen and oxygen atoms in total. The molecule has 2 unspecified atom stereocenters. The second-order valence-corrected chi connectivity index (χ2v) is 20.2. The highest BCUT2D eigenvalue weighted by Gasteiger charge is 2.39. The Labute approximate surface area is 367 Å². The third-order valence-corrected chi connectivity index (χ3v) is 16.0. The van der Waals surface area contributed by atoms with E-state index in [9.17, 15) is 9.59 Å². The number of hydrogen-bond donors (Lipinski definition) is 0. The number of esters is 2. The van der Waals surface area contributed by atoms with Crippen molar-refractivity contribution in [1.82, 2.24) is 0 Å². The predicted molar refractivity (Wildman–Crippen MR) is 245 cm³/mol. The van der Waals surface area contributed by atoms with Crippen molar-refractivity contribution in [2.45, 2.75) is 31.6 Å². The first-order chi connectivity index (χ1) is 30.4. The van der Waals surface area contributed by atoms with Crippen LogP contribution in [-0.4, -0.2) is 38.4 Å². The van der Waals surface area contributed by atoms with Gasteiger partial charge < -0.3 is 28.0 Å². The summed E-state index contributed by atoms with van der Waals surface area (Å²) in [6.07, 6.45) is 2.21. The predicted octanol–water partition coefficient (Wildman–Crippen LogP) is 10.6. The lowest BCUT2D eigenvalue weighted by atomic mass is 9.77. The van der Waals surface area contributed by atoms with Crippen LogP contribution in [-0.2, 0) is 45.9 Å². The van der Waals surface area contributed by atoms with Crippen LogP contribution in [0.5, 0.6) is 23.0 Å². The van der Waals surface area contributed by atoms with Gasteiger partial charge in [0, 0.05) is 39.8 Å². The Bertz CT molecular complexity index is 2650. The molecule has 2 aliphatic heterocycles.